The van der Waals surface area contributed by atoms with Crippen LogP contribution in [0.3, 0.4) is 0 Å². The molecule has 0 spiro atoms. The number of benzene rings is 1. The summed E-state index contributed by atoms with van der Waals surface area (Å²) in [6, 6.07) is 4.15. The topological polar surface area (TPSA) is 120 Å². The second kappa shape index (κ2) is 8.01. The summed E-state index contributed by atoms with van der Waals surface area (Å²) in [7, 11) is 0. The first kappa shape index (κ1) is 23.4. The molecule has 3 rings (SSSR count). The number of carbonyl (C=O) groups is 2. The van der Waals surface area contributed by atoms with Crippen molar-refractivity contribution in [1.29, 1.82) is 0 Å². The Morgan fingerprint density at radius 3 is 2.47 bits per heavy atom. The summed E-state index contributed by atoms with van der Waals surface area (Å²) in [5.74, 6) is -7.38. The Morgan fingerprint density at radius 2 is 1.88 bits per heavy atom. The zero-order valence-electron chi connectivity index (χ0n) is 16.8. The third-order valence-corrected chi connectivity index (χ3v) is 5.73. The largest absolute Gasteiger partial charge is 0.417 e. The Kier molecular flexibility index (Phi) is 5.85. The lowest BCUT2D eigenvalue weighted by atomic mass is 9.76. The molecule has 2 amide bonds. The molecule has 1 aromatic carbocycles. The molecule has 1 fully saturated rings. The Labute approximate surface area is 178 Å². The number of ether oxygens (including phenoxy) is 1. The summed E-state index contributed by atoms with van der Waals surface area (Å²) in [4.78, 5) is 27.9. The van der Waals surface area contributed by atoms with E-state index >= 15 is 0 Å². The molecule has 0 radical (unpaired) electrons. The molecular formula is C20H19F5N4O3. The van der Waals surface area contributed by atoms with Crippen molar-refractivity contribution in [3.05, 3.63) is 53.4 Å². The van der Waals surface area contributed by atoms with E-state index in [1.807, 2.05) is 0 Å². The molecular weight excluding hydrogens is 439 g/mol. The van der Waals surface area contributed by atoms with Crippen LogP contribution in [-0.4, -0.2) is 34.7 Å². The number of hydrogen-bond donors (Lipinski definition) is 3. The Morgan fingerprint density at radius 1 is 1.22 bits per heavy atom. The standard InChI is InChI=1S/C20H19F5N4O3/c1-8-13(10-3-4-11(21)14(22)15(10)26)16(32-19(8,2)20(23,24)25)18(31)29-9-5-6-28-12(7-9)17(27)30/h3-8,13,16H,26H2,1-2H3,(H2,27,30)(H,28,29,31)/t8-,13-,16+,19+/m0/s1. The van der Waals surface area contributed by atoms with Gasteiger partial charge in [-0.05, 0) is 30.7 Å². The number of pyridine rings is 1. The number of amides is 2. The van der Waals surface area contributed by atoms with Crippen molar-refractivity contribution >= 4 is 23.2 Å². The van der Waals surface area contributed by atoms with Gasteiger partial charge in [0.25, 0.3) is 11.8 Å². The molecule has 12 heteroatoms. The van der Waals surface area contributed by atoms with Crippen LogP contribution in [0.1, 0.15) is 35.8 Å². The Balaban J connectivity index is 2.05. The number of hydrogen-bond acceptors (Lipinski definition) is 5. The van der Waals surface area contributed by atoms with E-state index in [0.717, 1.165) is 19.1 Å². The molecule has 2 aromatic rings. The summed E-state index contributed by atoms with van der Waals surface area (Å²) >= 11 is 0. The van der Waals surface area contributed by atoms with Gasteiger partial charge in [0.1, 0.15) is 11.8 Å². The maximum Gasteiger partial charge on any atom is 0.417 e. The van der Waals surface area contributed by atoms with Crippen molar-refractivity contribution in [2.24, 2.45) is 11.7 Å². The van der Waals surface area contributed by atoms with Crippen LogP contribution in [0.15, 0.2) is 30.5 Å². The number of nitrogens with one attached hydrogen (secondary N) is 1. The number of primary amides is 1. The fraction of sp³-hybridized carbons (Fsp3) is 0.350. The molecule has 1 saturated heterocycles. The van der Waals surface area contributed by atoms with Crippen molar-refractivity contribution in [2.75, 3.05) is 11.1 Å². The highest BCUT2D eigenvalue weighted by Crippen LogP contribution is 2.54. The number of alkyl halides is 3. The van der Waals surface area contributed by atoms with Gasteiger partial charge in [-0.2, -0.15) is 13.2 Å². The number of nitrogens with zero attached hydrogens (tertiary/aromatic N) is 1. The maximum absolute atomic E-state index is 14.1. The first-order valence-electron chi connectivity index (χ1n) is 9.32. The van der Waals surface area contributed by atoms with Gasteiger partial charge in [0.2, 0.25) is 0 Å². The summed E-state index contributed by atoms with van der Waals surface area (Å²) in [6.07, 6.45) is -5.49. The highest BCUT2D eigenvalue weighted by molar-refractivity contribution is 5.97. The van der Waals surface area contributed by atoms with E-state index in [1.165, 1.54) is 19.2 Å². The second-order valence-corrected chi connectivity index (χ2v) is 7.61. The molecule has 2 heterocycles. The van der Waals surface area contributed by atoms with Crippen LogP contribution in [0, 0.1) is 17.6 Å². The smallest absolute Gasteiger partial charge is 0.396 e. The van der Waals surface area contributed by atoms with Crippen LogP contribution in [0.2, 0.25) is 0 Å². The Hall–Kier alpha value is -3.28. The van der Waals surface area contributed by atoms with Crippen LogP contribution in [-0.2, 0) is 9.53 Å². The predicted molar refractivity (Wildman–Crippen MR) is 103 cm³/mol. The summed E-state index contributed by atoms with van der Waals surface area (Å²) in [5.41, 5.74) is 6.92. The SMILES string of the molecule is C[C@H]1[C@@H](c2ccc(F)c(F)c2N)[C@H](C(=O)Nc2ccnc(C(N)=O)c2)O[C@@]1(C)C(F)(F)F. The number of carbonyl (C=O) groups excluding carboxylic acids is 2. The van der Waals surface area contributed by atoms with E-state index in [2.05, 4.69) is 10.3 Å². The van der Waals surface area contributed by atoms with E-state index in [1.54, 1.807) is 0 Å². The van der Waals surface area contributed by atoms with E-state index in [-0.39, 0.29) is 16.9 Å². The maximum atomic E-state index is 14.1. The van der Waals surface area contributed by atoms with Gasteiger partial charge in [-0.15, -0.1) is 0 Å². The van der Waals surface area contributed by atoms with Crippen LogP contribution in [0.25, 0.3) is 0 Å². The minimum atomic E-state index is -4.89. The van der Waals surface area contributed by atoms with Crippen LogP contribution >= 0.6 is 0 Å². The van der Waals surface area contributed by atoms with E-state index in [4.69, 9.17) is 16.2 Å². The number of nitrogen functional groups attached to an aromatic ring is 1. The highest BCUT2D eigenvalue weighted by Gasteiger charge is 2.65. The highest BCUT2D eigenvalue weighted by atomic mass is 19.4. The molecule has 0 bridgehead atoms. The van der Waals surface area contributed by atoms with Gasteiger partial charge in [-0.3, -0.25) is 14.6 Å². The van der Waals surface area contributed by atoms with Gasteiger partial charge < -0.3 is 21.5 Å². The number of anilines is 2. The van der Waals surface area contributed by atoms with Crippen molar-refractivity contribution in [1.82, 2.24) is 4.98 Å². The zero-order chi connectivity index (χ0) is 24.0. The van der Waals surface area contributed by atoms with Gasteiger partial charge in [-0.25, -0.2) is 8.78 Å². The molecule has 0 unspecified atom stereocenters. The second-order valence-electron chi connectivity index (χ2n) is 7.61. The van der Waals surface area contributed by atoms with Gasteiger partial charge >= 0.3 is 6.18 Å². The molecule has 4 atom stereocenters. The lowest BCUT2D eigenvalue weighted by Crippen LogP contribution is -2.47. The van der Waals surface area contributed by atoms with Crippen LogP contribution < -0.4 is 16.8 Å². The quantitative estimate of drug-likeness (QED) is 0.480. The van der Waals surface area contributed by atoms with E-state index < -0.39 is 58.9 Å². The fourth-order valence-electron chi connectivity index (χ4n) is 3.75. The van der Waals surface area contributed by atoms with Gasteiger partial charge in [0, 0.05) is 23.7 Å². The first-order valence-corrected chi connectivity index (χ1v) is 9.32. The van der Waals surface area contributed by atoms with Crippen molar-refractivity contribution in [2.45, 2.75) is 37.6 Å². The first-order chi connectivity index (χ1) is 14.8. The minimum absolute atomic E-state index is 0.0210. The minimum Gasteiger partial charge on any atom is -0.396 e. The van der Waals surface area contributed by atoms with E-state index in [0.29, 0.717) is 6.07 Å². The van der Waals surface area contributed by atoms with E-state index in [9.17, 15) is 31.5 Å². The number of aromatic nitrogens is 1. The molecule has 1 aliphatic rings. The molecule has 0 aliphatic carbocycles. The summed E-state index contributed by atoms with van der Waals surface area (Å²) in [6.45, 7) is 1.95. The molecule has 0 saturated carbocycles. The van der Waals surface area contributed by atoms with Crippen molar-refractivity contribution in [3.8, 4) is 0 Å². The lowest BCUT2D eigenvalue weighted by Gasteiger charge is -2.31. The van der Waals surface area contributed by atoms with Gasteiger partial charge in [0.15, 0.2) is 17.2 Å². The van der Waals surface area contributed by atoms with Crippen molar-refractivity contribution in [3.63, 3.8) is 0 Å². The molecule has 5 N–H and O–H groups in total. The average Bonchev–Trinajstić information content (AvgIpc) is 2.99. The summed E-state index contributed by atoms with van der Waals surface area (Å²) < 4.78 is 74.4. The molecule has 1 aromatic heterocycles. The molecule has 32 heavy (non-hydrogen) atoms. The number of nitrogens with two attached hydrogens (primary N) is 2. The predicted octanol–water partition coefficient (Wildman–Crippen LogP) is 3.12. The Bertz CT molecular complexity index is 1080. The number of halogens is 5. The fourth-order valence-corrected chi connectivity index (χ4v) is 3.75. The zero-order valence-corrected chi connectivity index (χ0v) is 16.8. The van der Waals surface area contributed by atoms with Crippen molar-refractivity contribution < 1.29 is 36.3 Å². The third-order valence-electron chi connectivity index (χ3n) is 5.73. The average molecular weight is 458 g/mol. The molecule has 7 nitrogen and oxygen atoms in total. The molecule has 172 valence electrons. The monoisotopic (exact) mass is 458 g/mol. The third kappa shape index (κ3) is 3.85. The summed E-state index contributed by atoms with van der Waals surface area (Å²) in [5, 5.41) is 2.35. The van der Waals surface area contributed by atoms with Gasteiger partial charge in [-0.1, -0.05) is 13.0 Å². The normalized spacial score (nSPS) is 25.5. The lowest BCUT2D eigenvalue weighted by molar-refractivity contribution is -0.272. The number of rotatable bonds is 4. The van der Waals surface area contributed by atoms with Gasteiger partial charge in [0.05, 0.1) is 5.69 Å². The van der Waals surface area contributed by atoms with Crippen LogP contribution in [0.4, 0.5) is 33.3 Å². The van der Waals surface area contributed by atoms with Crippen LogP contribution in [0.5, 0.6) is 0 Å². The molecule has 1 aliphatic heterocycles.